The van der Waals surface area contributed by atoms with Crippen molar-refractivity contribution in [1.82, 2.24) is 9.97 Å². The lowest BCUT2D eigenvalue weighted by molar-refractivity contribution is 1.18. The van der Waals surface area contributed by atoms with Crippen LogP contribution in [0.2, 0.25) is 0 Å². The molecule has 0 unspecified atom stereocenters. The van der Waals surface area contributed by atoms with Gasteiger partial charge < -0.3 is 0 Å². The third-order valence-corrected chi connectivity index (χ3v) is 9.79. The first-order valence-electron chi connectivity index (χ1n) is 16.1. The molecule has 0 bridgehead atoms. The fraction of sp³-hybridized carbons (Fsp3) is 0. The van der Waals surface area contributed by atoms with E-state index in [2.05, 4.69) is 103 Å². The molecular formula is C45H25N3. The highest BCUT2D eigenvalue weighted by atomic mass is 14.9. The van der Waals surface area contributed by atoms with Crippen molar-refractivity contribution in [1.29, 1.82) is 5.26 Å². The standard InChI is InChI=1S/C45H25N3/c46-26-27-15-17-28(18-16-27)39-25-40(48-45(47-39)32-7-2-1-3-8-32)34-23-33-22-21-31-10-5-13-36-35-12-4-9-29-19-20-30-11-6-14-37(43(30)41(29)35)38(24-34)44(33)42(31)36/h1-25H. The lowest BCUT2D eigenvalue weighted by atomic mass is 9.87. The topological polar surface area (TPSA) is 49.6 Å². The van der Waals surface area contributed by atoms with E-state index in [-0.39, 0.29) is 0 Å². The molecule has 9 aromatic carbocycles. The third kappa shape index (κ3) is 3.93. The number of rotatable bonds is 3. The Balaban J connectivity index is 1.36. The minimum atomic E-state index is 0.620. The van der Waals surface area contributed by atoms with Crippen molar-refractivity contribution in [2.24, 2.45) is 0 Å². The molecule has 220 valence electrons. The van der Waals surface area contributed by atoms with E-state index in [1.54, 1.807) is 0 Å². The average Bonchev–Trinajstić information content (AvgIpc) is 3.16. The van der Waals surface area contributed by atoms with Crippen LogP contribution in [-0.2, 0) is 0 Å². The monoisotopic (exact) mass is 607 g/mol. The summed E-state index contributed by atoms with van der Waals surface area (Å²) in [7, 11) is 0. The lowest BCUT2D eigenvalue weighted by Gasteiger charge is -2.17. The van der Waals surface area contributed by atoms with Crippen LogP contribution in [0.5, 0.6) is 0 Å². The van der Waals surface area contributed by atoms with E-state index in [9.17, 15) is 5.26 Å². The van der Waals surface area contributed by atoms with Crippen LogP contribution >= 0.6 is 0 Å². The van der Waals surface area contributed by atoms with E-state index >= 15 is 0 Å². The minimum absolute atomic E-state index is 0.620. The summed E-state index contributed by atoms with van der Waals surface area (Å²) in [5.74, 6) is 0.664. The fourth-order valence-corrected chi connectivity index (χ4v) is 7.61. The molecule has 3 nitrogen and oxygen atoms in total. The maximum Gasteiger partial charge on any atom is 0.160 e. The number of aromatic nitrogens is 2. The fourth-order valence-electron chi connectivity index (χ4n) is 7.61. The molecule has 0 saturated carbocycles. The quantitative estimate of drug-likeness (QED) is 0.188. The smallest absolute Gasteiger partial charge is 0.160 e. The van der Waals surface area contributed by atoms with Crippen LogP contribution < -0.4 is 0 Å². The molecule has 48 heavy (non-hydrogen) atoms. The number of hydrogen-bond acceptors (Lipinski definition) is 3. The molecule has 0 aliphatic heterocycles. The van der Waals surface area contributed by atoms with Crippen molar-refractivity contribution < 1.29 is 0 Å². The second-order valence-corrected chi connectivity index (χ2v) is 12.5. The molecule has 10 aromatic rings. The molecule has 0 atom stereocenters. The van der Waals surface area contributed by atoms with Gasteiger partial charge in [-0.3, -0.25) is 0 Å². The highest BCUT2D eigenvalue weighted by molar-refractivity contribution is 6.37. The SMILES string of the molecule is N#Cc1ccc(-c2cc(-c3cc4ccc5cccc6c7cccc8ccc9cccc(c(c3)c4c56)c9c87)nc(-c3ccccc3)n2)cc1. The summed E-state index contributed by atoms with van der Waals surface area (Å²) in [6, 6.07) is 55.7. The summed E-state index contributed by atoms with van der Waals surface area (Å²) in [5.41, 5.74) is 5.20. The van der Waals surface area contributed by atoms with Crippen LogP contribution in [0.4, 0.5) is 0 Å². The van der Waals surface area contributed by atoms with E-state index in [1.807, 2.05) is 54.6 Å². The van der Waals surface area contributed by atoms with Crippen molar-refractivity contribution in [3.05, 3.63) is 157 Å². The Morgan fingerprint density at radius 2 is 0.896 bits per heavy atom. The summed E-state index contributed by atoms with van der Waals surface area (Å²) >= 11 is 0. The molecule has 0 N–H and O–H groups in total. The Bertz CT molecular complexity index is 2930. The van der Waals surface area contributed by atoms with Crippen LogP contribution in [0, 0.1) is 11.3 Å². The second kappa shape index (κ2) is 10.2. The molecule has 0 radical (unpaired) electrons. The Morgan fingerprint density at radius 1 is 0.375 bits per heavy atom. The molecule has 0 amide bonds. The number of hydrogen-bond donors (Lipinski definition) is 0. The van der Waals surface area contributed by atoms with E-state index in [4.69, 9.17) is 9.97 Å². The highest BCUT2D eigenvalue weighted by Crippen LogP contribution is 2.44. The summed E-state index contributed by atoms with van der Waals surface area (Å²) in [5, 5.41) is 24.4. The molecular weight excluding hydrogens is 583 g/mol. The Kier molecular flexibility index (Phi) is 5.64. The van der Waals surface area contributed by atoms with Crippen molar-refractivity contribution in [3.8, 4) is 40.0 Å². The van der Waals surface area contributed by atoms with E-state index in [1.165, 1.54) is 64.6 Å². The van der Waals surface area contributed by atoms with Crippen molar-refractivity contribution >= 4 is 64.6 Å². The van der Waals surface area contributed by atoms with Crippen molar-refractivity contribution in [3.63, 3.8) is 0 Å². The largest absolute Gasteiger partial charge is 0.228 e. The summed E-state index contributed by atoms with van der Waals surface area (Å²) in [6.07, 6.45) is 0. The molecule has 10 rings (SSSR count). The summed E-state index contributed by atoms with van der Waals surface area (Å²) in [4.78, 5) is 10.2. The second-order valence-electron chi connectivity index (χ2n) is 12.5. The maximum absolute atomic E-state index is 9.41. The number of nitrogens with zero attached hydrogens (tertiary/aromatic N) is 3. The van der Waals surface area contributed by atoms with Gasteiger partial charge in [0.2, 0.25) is 0 Å². The van der Waals surface area contributed by atoms with Gasteiger partial charge in [0.25, 0.3) is 0 Å². The van der Waals surface area contributed by atoms with E-state index in [0.29, 0.717) is 11.4 Å². The molecule has 0 spiro atoms. The number of benzene rings is 8. The molecule has 0 fully saturated rings. The van der Waals surface area contributed by atoms with Gasteiger partial charge in [-0.2, -0.15) is 5.26 Å². The van der Waals surface area contributed by atoms with Crippen LogP contribution in [0.15, 0.2) is 152 Å². The Labute approximate surface area is 276 Å². The van der Waals surface area contributed by atoms with Gasteiger partial charge in [-0.05, 0) is 95.0 Å². The van der Waals surface area contributed by atoms with E-state index in [0.717, 1.165) is 28.1 Å². The van der Waals surface area contributed by atoms with Gasteiger partial charge in [-0.25, -0.2) is 9.97 Å². The van der Waals surface area contributed by atoms with Gasteiger partial charge >= 0.3 is 0 Å². The van der Waals surface area contributed by atoms with Gasteiger partial charge in [0.05, 0.1) is 23.0 Å². The van der Waals surface area contributed by atoms with Crippen LogP contribution in [0.3, 0.4) is 0 Å². The van der Waals surface area contributed by atoms with Crippen LogP contribution in [0.25, 0.3) is 98.5 Å². The van der Waals surface area contributed by atoms with Gasteiger partial charge in [0, 0.05) is 16.7 Å². The maximum atomic E-state index is 9.41. The summed E-state index contributed by atoms with van der Waals surface area (Å²) in [6.45, 7) is 0. The first kappa shape index (κ1) is 26.6. The first-order valence-corrected chi connectivity index (χ1v) is 16.1. The zero-order valence-electron chi connectivity index (χ0n) is 25.8. The average molecular weight is 608 g/mol. The van der Waals surface area contributed by atoms with Gasteiger partial charge in [0.1, 0.15) is 0 Å². The lowest BCUT2D eigenvalue weighted by Crippen LogP contribution is -1.96. The number of fused-ring (bicyclic) bond motifs is 2. The Morgan fingerprint density at radius 3 is 1.48 bits per heavy atom. The van der Waals surface area contributed by atoms with Crippen LogP contribution in [-0.4, -0.2) is 9.97 Å². The predicted octanol–water partition coefficient (Wildman–Crippen LogP) is 11.7. The normalized spacial score (nSPS) is 11.7. The molecule has 0 aliphatic rings. The number of nitriles is 1. The van der Waals surface area contributed by atoms with Gasteiger partial charge in [0.15, 0.2) is 5.82 Å². The highest BCUT2D eigenvalue weighted by Gasteiger charge is 2.18. The zero-order chi connectivity index (χ0) is 31.8. The molecule has 1 aromatic heterocycles. The van der Waals surface area contributed by atoms with Gasteiger partial charge in [-0.1, -0.05) is 121 Å². The summed E-state index contributed by atoms with van der Waals surface area (Å²) < 4.78 is 0. The predicted molar refractivity (Wildman–Crippen MR) is 199 cm³/mol. The molecule has 1 heterocycles. The molecule has 0 aliphatic carbocycles. The van der Waals surface area contributed by atoms with Gasteiger partial charge in [-0.15, -0.1) is 0 Å². The Hall–Kier alpha value is -6.63. The van der Waals surface area contributed by atoms with Crippen molar-refractivity contribution in [2.75, 3.05) is 0 Å². The van der Waals surface area contributed by atoms with Crippen molar-refractivity contribution in [2.45, 2.75) is 0 Å². The van der Waals surface area contributed by atoms with E-state index < -0.39 is 0 Å². The minimum Gasteiger partial charge on any atom is -0.228 e. The molecule has 0 saturated heterocycles. The molecule has 3 heteroatoms. The third-order valence-electron chi connectivity index (χ3n) is 9.79. The zero-order valence-corrected chi connectivity index (χ0v) is 25.8. The van der Waals surface area contributed by atoms with Crippen LogP contribution in [0.1, 0.15) is 5.56 Å². The first-order chi connectivity index (χ1) is 23.7.